The molecule has 2 rings (SSSR count). The molecule has 1 N–H and O–H groups in total. The first-order valence-electron chi connectivity index (χ1n) is 6.80. The number of carboxylic acid groups (broad SMARTS) is 1. The van der Waals surface area contributed by atoms with Crippen molar-refractivity contribution in [3.63, 3.8) is 0 Å². The standard InChI is InChI=1S/C13H23NO3/c15-13(16)12(11-4-8-17-9-5-11)10-14-6-2-1-3-7-14/h11-12H,1-10H2,(H,15,16). The molecular weight excluding hydrogens is 218 g/mol. The Kier molecular flexibility index (Phi) is 4.80. The Bertz CT molecular complexity index is 245. The Labute approximate surface area is 103 Å². The van der Waals surface area contributed by atoms with Crippen molar-refractivity contribution < 1.29 is 14.6 Å². The maximum Gasteiger partial charge on any atom is 0.308 e. The highest BCUT2D eigenvalue weighted by molar-refractivity contribution is 5.70. The fraction of sp³-hybridized carbons (Fsp3) is 0.923. The van der Waals surface area contributed by atoms with Crippen LogP contribution < -0.4 is 0 Å². The number of nitrogens with zero attached hydrogens (tertiary/aromatic N) is 1. The average molecular weight is 241 g/mol. The number of hydrogen-bond donors (Lipinski definition) is 1. The summed E-state index contributed by atoms with van der Waals surface area (Å²) in [5.41, 5.74) is 0. The molecule has 0 amide bonds. The van der Waals surface area contributed by atoms with Crippen molar-refractivity contribution in [2.45, 2.75) is 32.1 Å². The van der Waals surface area contributed by atoms with Crippen LogP contribution in [0.5, 0.6) is 0 Å². The number of carboxylic acids is 1. The maximum absolute atomic E-state index is 11.4. The Balaban J connectivity index is 1.88. The lowest BCUT2D eigenvalue weighted by Crippen LogP contribution is -2.41. The molecule has 0 radical (unpaired) electrons. The fourth-order valence-electron chi connectivity index (χ4n) is 2.97. The molecule has 0 bridgehead atoms. The summed E-state index contributed by atoms with van der Waals surface area (Å²) in [6.45, 7) is 4.35. The minimum absolute atomic E-state index is 0.197. The third-order valence-corrected chi connectivity index (χ3v) is 4.06. The molecule has 2 aliphatic rings. The van der Waals surface area contributed by atoms with Gasteiger partial charge in [-0.2, -0.15) is 0 Å². The smallest absolute Gasteiger partial charge is 0.308 e. The Morgan fingerprint density at radius 3 is 2.47 bits per heavy atom. The van der Waals surface area contributed by atoms with E-state index >= 15 is 0 Å². The maximum atomic E-state index is 11.4. The molecule has 0 saturated carbocycles. The molecule has 2 saturated heterocycles. The van der Waals surface area contributed by atoms with Gasteiger partial charge in [0.25, 0.3) is 0 Å². The lowest BCUT2D eigenvalue weighted by Gasteiger charge is -2.33. The first-order chi connectivity index (χ1) is 8.27. The average Bonchev–Trinajstić information content (AvgIpc) is 2.38. The summed E-state index contributed by atoms with van der Waals surface area (Å²) in [6.07, 6.45) is 5.56. The van der Waals surface area contributed by atoms with Crippen LogP contribution in [0.1, 0.15) is 32.1 Å². The van der Waals surface area contributed by atoms with E-state index < -0.39 is 5.97 Å². The van der Waals surface area contributed by atoms with E-state index in [1.54, 1.807) is 0 Å². The van der Waals surface area contributed by atoms with Gasteiger partial charge in [-0.3, -0.25) is 4.79 Å². The van der Waals surface area contributed by atoms with E-state index in [9.17, 15) is 9.90 Å². The first kappa shape index (κ1) is 12.8. The van der Waals surface area contributed by atoms with Crippen LogP contribution in [0, 0.1) is 11.8 Å². The van der Waals surface area contributed by atoms with Crippen LogP contribution in [-0.2, 0) is 9.53 Å². The lowest BCUT2D eigenvalue weighted by atomic mass is 9.85. The van der Waals surface area contributed by atoms with Gasteiger partial charge in [-0.05, 0) is 44.7 Å². The second kappa shape index (κ2) is 6.36. The van der Waals surface area contributed by atoms with E-state index in [4.69, 9.17) is 4.74 Å². The Morgan fingerprint density at radius 1 is 1.24 bits per heavy atom. The summed E-state index contributed by atoms with van der Waals surface area (Å²) in [7, 11) is 0. The van der Waals surface area contributed by atoms with Crippen molar-refractivity contribution in [1.82, 2.24) is 4.90 Å². The van der Waals surface area contributed by atoms with Crippen LogP contribution in [0.15, 0.2) is 0 Å². The zero-order valence-corrected chi connectivity index (χ0v) is 10.4. The normalized spacial score (nSPS) is 25.6. The summed E-state index contributed by atoms with van der Waals surface area (Å²) >= 11 is 0. The molecular formula is C13H23NO3. The molecule has 4 heteroatoms. The molecule has 4 nitrogen and oxygen atoms in total. The van der Waals surface area contributed by atoms with E-state index in [-0.39, 0.29) is 5.92 Å². The third kappa shape index (κ3) is 3.68. The molecule has 98 valence electrons. The van der Waals surface area contributed by atoms with Gasteiger partial charge < -0.3 is 14.7 Å². The quantitative estimate of drug-likeness (QED) is 0.812. The third-order valence-electron chi connectivity index (χ3n) is 4.06. The van der Waals surface area contributed by atoms with Gasteiger partial charge in [-0.15, -0.1) is 0 Å². The lowest BCUT2D eigenvalue weighted by molar-refractivity contribution is -0.146. The van der Waals surface area contributed by atoms with Crippen LogP contribution in [0.3, 0.4) is 0 Å². The van der Waals surface area contributed by atoms with Crippen LogP contribution >= 0.6 is 0 Å². The number of carbonyl (C=O) groups is 1. The highest BCUT2D eigenvalue weighted by atomic mass is 16.5. The topological polar surface area (TPSA) is 49.8 Å². The second-order valence-corrected chi connectivity index (χ2v) is 5.26. The zero-order valence-electron chi connectivity index (χ0n) is 10.4. The largest absolute Gasteiger partial charge is 0.481 e. The molecule has 17 heavy (non-hydrogen) atoms. The molecule has 0 aromatic rings. The minimum atomic E-state index is -0.623. The van der Waals surface area contributed by atoms with Crippen molar-refractivity contribution in [2.24, 2.45) is 11.8 Å². The van der Waals surface area contributed by atoms with Crippen LogP contribution in [0.2, 0.25) is 0 Å². The number of aliphatic carboxylic acids is 1. The predicted octanol–water partition coefficient (Wildman–Crippen LogP) is 1.60. The summed E-state index contributed by atoms with van der Waals surface area (Å²) in [4.78, 5) is 13.7. The van der Waals surface area contributed by atoms with Crippen molar-refractivity contribution in [3.8, 4) is 0 Å². The SMILES string of the molecule is O=C(O)C(CN1CCCCC1)C1CCOCC1. The van der Waals surface area contributed by atoms with Gasteiger partial charge in [-0.25, -0.2) is 0 Å². The van der Waals surface area contributed by atoms with Gasteiger partial charge in [0.1, 0.15) is 0 Å². The van der Waals surface area contributed by atoms with Gasteiger partial charge in [-0.1, -0.05) is 6.42 Å². The van der Waals surface area contributed by atoms with Crippen LogP contribution in [-0.4, -0.2) is 48.8 Å². The molecule has 0 aromatic heterocycles. The van der Waals surface area contributed by atoms with Gasteiger partial charge in [0.15, 0.2) is 0 Å². The summed E-state index contributed by atoms with van der Waals surface area (Å²) in [5, 5.41) is 9.39. The monoisotopic (exact) mass is 241 g/mol. The highest BCUT2D eigenvalue weighted by Crippen LogP contribution is 2.26. The highest BCUT2D eigenvalue weighted by Gasteiger charge is 2.31. The number of piperidine rings is 1. The van der Waals surface area contributed by atoms with Gasteiger partial charge in [0.05, 0.1) is 5.92 Å². The summed E-state index contributed by atoms with van der Waals surface area (Å²) in [6, 6.07) is 0. The summed E-state index contributed by atoms with van der Waals surface area (Å²) in [5.74, 6) is -0.511. The van der Waals surface area contributed by atoms with Crippen molar-refractivity contribution in [2.75, 3.05) is 32.8 Å². The van der Waals surface area contributed by atoms with Crippen molar-refractivity contribution >= 4 is 5.97 Å². The minimum Gasteiger partial charge on any atom is -0.481 e. The van der Waals surface area contributed by atoms with E-state index in [1.165, 1.54) is 19.3 Å². The molecule has 0 aromatic carbocycles. The van der Waals surface area contributed by atoms with E-state index in [0.717, 1.165) is 45.7 Å². The van der Waals surface area contributed by atoms with Gasteiger partial charge in [0, 0.05) is 19.8 Å². The number of ether oxygens (including phenoxy) is 1. The van der Waals surface area contributed by atoms with Gasteiger partial charge >= 0.3 is 5.97 Å². The van der Waals surface area contributed by atoms with Crippen LogP contribution in [0.25, 0.3) is 0 Å². The summed E-state index contributed by atoms with van der Waals surface area (Å²) < 4.78 is 5.31. The first-order valence-corrected chi connectivity index (χ1v) is 6.80. The molecule has 2 fully saturated rings. The number of hydrogen-bond acceptors (Lipinski definition) is 3. The van der Waals surface area contributed by atoms with E-state index in [1.807, 2.05) is 0 Å². The number of rotatable bonds is 4. The van der Waals surface area contributed by atoms with E-state index in [0.29, 0.717) is 5.92 Å². The fourth-order valence-corrected chi connectivity index (χ4v) is 2.97. The molecule has 0 spiro atoms. The van der Waals surface area contributed by atoms with E-state index in [2.05, 4.69) is 4.90 Å². The van der Waals surface area contributed by atoms with Crippen molar-refractivity contribution in [3.05, 3.63) is 0 Å². The number of likely N-dealkylation sites (tertiary alicyclic amines) is 1. The molecule has 2 aliphatic heterocycles. The molecule has 1 atom stereocenters. The molecule has 1 unspecified atom stereocenters. The second-order valence-electron chi connectivity index (χ2n) is 5.26. The van der Waals surface area contributed by atoms with Crippen molar-refractivity contribution in [1.29, 1.82) is 0 Å². The zero-order chi connectivity index (χ0) is 12.1. The Morgan fingerprint density at radius 2 is 1.88 bits per heavy atom. The Hall–Kier alpha value is -0.610. The van der Waals surface area contributed by atoms with Gasteiger partial charge in [0.2, 0.25) is 0 Å². The predicted molar refractivity (Wildman–Crippen MR) is 65.0 cm³/mol. The molecule has 0 aliphatic carbocycles. The molecule has 2 heterocycles. The van der Waals surface area contributed by atoms with Crippen LogP contribution in [0.4, 0.5) is 0 Å².